The second-order valence-corrected chi connectivity index (χ2v) is 6.10. The second kappa shape index (κ2) is 4.35. The van der Waals surface area contributed by atoms with Crippen molar-refractivity contribution in [2.24, 2.45) is 0 Å². The standard InChI is InChI=1S/C12H16BrN3O2/c1-16-7-2-3-8(16)5-6(4-7)10-14-11(17)9(13)12(18)15-10/h6-8H,2-5H2,1H3,(H2,14,15,17,18). The minimum atomic E-state index is -0.302. The van der Waals surface area contributed by atoms with Crippen molar-refractivity contribution >= 4 is 15.9 Å². The summed E-state index contributed by atoms with van der Waals surface area (Å²) in [6, 6.07) is 1.18. The predicted molar refractivity (Wildman–Crippen MR) is 70.8 cm³/mol. The van der Waals surface area contributed by atoms with Gasteiger partial charge in [0.25, 0.3) is 5.56 Å². The van der Waals surface area contributed by atoms with Crippen molar-refractivity contribution in [2.45, 2.75) is 43.7 Å². The third-order valence-corrected chi connectivity index (χ3v) is 5.06. The molecule has 2 unspecified atom stereocenters. The number of nitrogens with one attached hydrogen (secondary N) is 1. The Morgan fingerprint density at radius 2 is 2.00 bits per heavy atom. The van der Waals surface area contributed by atoms with E-state index in [9.17, 15) is 9.90 Å². The van der Waals surface area contributed by atoms with Gasteiger partial charge in [-0.1, -0.05) is 0 Å². The number of aromatic nitrogens is 2. The predicted octanol–water partition coefficient (Wildman–Crippen LogP) is 1.58. The minimum Gasteiger partial charge on any atom is -0.492 e. The van der Waals surface area contributed by atoms with Crippen molar-refractivity contribution in [3.63, 3.8) is 0 Å². The summed E-state index contributed by atoms with van der Waals surface area (Å²) in [5.74, 6) is 0.677. The zero-order chi connectivity index (χ0) is 12.9. The molecule has 3 heterocycles. The molecule has 0 amide bonds. The van der Waals surface area contributed by atoms with Crippen LogP contribution in [0, 0.1) is 0 Å². The number of hydrogen-bond donors (Lipinski definition) is 2. The third kappa shape index (κ3) is 1.87. The SMILES string of the molecule is CN1C2CCC1CC(c1nc(O)c(Br)c(=O)[nH]1)C2. The number of aromatic amines is 1. The first kappa shape index (κ1) is 12.2. The number of rotatable bonds is 1. The van der Waals surface area contributed by atoms with Crippen LogP contribution in [0.2, 0.25) is 0 Å². The highest BCUT2D eigenvalue weighted by molar-refractivity contribution is 9.10. The number of H-pyrrole nitrogens is 1. The fourth-order valence-electron chi connectivity index (χ4n) is 3.29. The Hall–Kier alpha value is -0.880. The Labute approximate surface area is 113 Å². The first-order valence-electron chi connectivity index (χ1n) is 6.27. The summed E-state index contributed by atoms with van der Waals surface area (Å²) < 4.78 is 0.113. The van der Waals surface area contributed by atoms with E-state index in [1.54, 1.807) is 0 Å². The lowest BCUT2D eigenvalue weighted by atomic mass is 9.90. The van der Waals surface area contributed by atoms with Crippen LogP contribution in [0.15, 0.2) is 9.27 Å². The van der Waals surface area contributed by atoms with Crippen molar-refractivity contribution < 1.29 is 5.11 Å². The van der Waals surface area contributed by atoms with Crippen molar-refractivity contribution in [1.82, 2.24) is 14.9 Å². The molecule has 2 aliphatic heterocycles. The van der Waals surface area contributed by atoms with E-state index in [4.69, 9.17) is 0 Å². The molecule has 1 aromatic rings. The molecule has 0 aliphatic carbocycles. The number of hydrogen-bond acceptors (Lipinski definition) is 4. The van der Waals surface area contributed by atoms with Gasteiger partial charge >= 0.3 is 0 Å². The van der Waals surface area contributed by atoms with E-state index in [0.717, 1.165) is 12.8 Å². The van der Waals surface area contributed by atoms with Crippen LogP contribution in [0.5, 0.6) is 5.88 Å². The van der Waals surface area contributed by atoms with Crippen LogP contribution in [-0.2, 0) is 0 Å². The molecular formula is C12H16BrN3O2. The molecule has 3 rings (SSSR count). The Morgan fingerprint density at radius 3 is 2.56 bits per heavy atom. The Balaban J connectivity index is 1.91. The molecule has 0 radical (unpaired) electrons. The minimum absolute atomic E-state index is 0.113. The smallest absolute Gasteiger partial charge is 0.269 e. The van der Waals surface area contributed by atoms with Gasteiger partial charge in [-0.05, 0) is 48.7 Å². The molecule has 5 nitrogen and oxygen atoms in total. The maximum atomic E-state index is 11.6. The van der Waals surface area contributed by atoms with E-state index < -0.39 is 0 Å². The highest BCUT2D eigenvalue weighted by atomic mass is 79.9. The molecule has 98 valence electrons. The number of halogens is 1. The average Bonchev–Trinajstić information content (AvgIpc) is 2.57. The van der Waals surface area contributed by atoms with Crippen LogP contribution in [0.4, 0.5) is 0 Å². The highest BCUT2D eigenvalue weighted by Crippen LogP contribution is 2.41. The summed E-state index contributed by atoms with van der Waals surface area (Å²) in [7, 11) is 2.17. The van der Waals surface area contributed by atoms with Gasteiger partial charge in [-0.25, -0.2) is 0 Å². The van der Waals surface area contributed by atoms with Gasteiger partial charge in [0, 0.05) is 18.0 Å². The summed E-state index contributed by atoms with van der Waals surface area (Å²) in [5.41, 5.74) is -0.302. The molecule has 6 heteroatoms. The molecule has 2 aliphatic rings. The van der Waals surface area contributed by atoms with Gasteiger partial charge in [-0.15, -0.1) is 0 Å². The van der Waals surface area contributed by atoms with Crippen LogP contribution in [0.1, 0.15) is 37.4 Å². The van der Waals surface area contributed by atoms with Crippen LogP contribution in [0.25, 0.3) is 0 Å². The van der Waals surface area contributed by atoms with E-state index in [1.165, 1.54) is 12.8 Å². The van der Waals surface area contributed by atoms with Crippen molar-refractivity contribution in [1.29, 1.82) is 0 Å². The topological polar surface area (TPSA) is 69.2 Å². The molecule has 2 N–H and O–H groups in total. The van der Waals surface area contributed by atoms with Gasteiger partial charge in [-0.2, -0.15) is 4.98 Å². The number of nitrogens with zero attached hydrogens (tertiary/aromatic N) is 2. The van der Waals surface area contributed by atoms with Gasteiger partial charge in [0.2, 0.25) is 5.88 Å². The first-order valence-corrected chi connectivity index (χ1v) is 7.06. The summed E-state index contributed by atoms with van der Waals surface area (Å²) in [4.78, 5) is 21.0. The van der Waals surface area contributed by atoms with Gasteiger partial charge in [0.1, 0.15) is 10.3 Å². The van der Waals surface area contributed by atoms with E-state index in [0.29, 0.717) is 17.9 Å². The number of piperidine rings is 1. The van der Waals surface area contributed by atoms with Crippen molar-refractivity contribution in [3.05, 3.63) is 20.7 Å². The summed E-state index contributed by atoms with van der Waals surface area (Å²) in [6.45, 7) is 0. The van der Waals surface area contributed by atoms with Crippen molar-refractivity contribution in [2.75, 3.05) is 7.05 Å². The number of aromatic hydroxyl groups is 1. The maximum absolute atomic E-state index is 11.6. The molecule has 2 fully saturated rings. The van der Waals surface area contributed by atoms with Gasteiger partial charge in [0.05, 0.1) is 0 Å². The molecule has 2 saturated heterocycles. The lowest BCUT2D eigenvalue weighted by Crippen LogP contribution is -2.39. The Bertz CT molecular complexity index is 517. The highest BCUT2D eigenvalue weighted by Gasteiger charge is 2.39. The monoisotopic (exact) mass is 313 g/mol. The molecule has 0 saturated carbocycles. The fraction of sp³-hybridized carbons (Fsp3) is 0.667. The zero-order valence-electron chi connectivity index (χ0n) is 10.2. The molecule has 0 aromatic carbocycles. The normalized spacial score (nSPS) is 31.8. The Morgan fingerprint density at radius 1 is 1.39 bits per heavy atom. The Kier molecular flexibility index (Phi) is 2.94. The van der Waals surface area contributed by atoms with Gasteiger partial charge < -0.3 is 15.0 Å². The van der Waals surface area contributed by atoms with Crippen LogP contribution in [-0.4, -0.2) is 39.1 Å². The zero-order valence-corrected chi connectivity index (χ0v) is 11.8. The van der Waals surface area contributed by atoms with Crippen LogP contribution < -0.4 is 5.56 Å². The second-order valence-electron chi connectivity index (χ2n) is 5.31. The van der Waals surface area contributed by atoms with Crippen LogP contribution in [0.3, 0.4) is 0 Å². The van der Waals surface area contributed by atoms with Gasteiger partial charge in [-0.3, -0.25) is 4.79 Å². The molecule has 2 atom stereocenters. The third-order valence-electron chi connectivity index (χ3n) is 4.35. The molecule has 1 aromatic heterocycles. The van der Waals surface area contributed by atoms with E-state index in [-0.39, 0.29) is 21.8 Å². The summed E-state index contributed by atoms with van der Waals surface area (Å²) in [6.07, 6.45) is 4.48. The van der Waals surface area contributed by atoms with E-state index in [2.05, 4.69) is 37.8 Å². The molecule has 0 spiro atoms. The molecule has 18 heavy (non-hydrogen) atoms. The average molecular weight is 314 g/mol. The summed E-state index contributed by atoms with van der Waals surface area (Å²) >= 11 is 3.02. The van der Waals surface area contributed by atoms with E-state index >= 15 is 0 Å². The van der Waals surface area contributed by atoms with Crippen LogP contribution >= 0.6 is 15.9 Å². The maximum Gasteiger partial charge on any atom is 0.269 e. The number of fused-ring (bicyclic) bond motifs is 2. The lowest BCUT2D eigenvalue weighted by Gasteiger charge is -2.35. The fourth-order valence-corrected chi connectivity index (χ4v) is 3.48. The first-order chi connectivity index (χ1) is 8.56. The summed E-state index contributed by atoms with van der Waals surface area (Å²) in [5, 5.41) is 9.62. The largest absolute Gasteiger partial charge is 0.492 e. The molecular weight excluding hydrogens is 298 g/mol. The molecule has 2 bridgehead atoms. The van der Waals surface area contributed by atoms with Gasteiger partial charge in [0.15, 0.2) is 0 Å². The van der Waals surface area contributed by atoms with E-state index in [1.807, 2.05) is 0 Å². The quantitative estimate of drug-likeness (QED) is 0.826. The van der Waals surface area contributed by atoms with Crippen molar-refractivity contribution in [3.8, 4) is 5.88 Å². The lowest BCUT2D eigenvalue weighted by molar-refractivity contribution is 0.158.